The first-order valence-corrected chi connectivity index (χ1v) is 7.09. The van der Waals surface area contributed by atoms with E-state index in [0.29, 0.717) is 19.5 Å². The van der Waals surface area contributed by atoms with Crippen LogP contribution in [0.3, 0.4) is 0 Å². The molecule has 0 aromatic carbocycles. The van der Waals surface area contributed by atoms with E-state index in [4.69, 9.17) is 0 Å². The molecule has 5 nitrogen and oxygen atoms in total. The first-order valence-electron chi connectivity index (χ1n) is 7.09. The summed E-state index contributed by atoms with van der Waals surface area (Å²) in [4.78, 5) is 35.4. The molecule has 0 fully saturated rings. The third-order valence-corrected chi connectivity index (χ3v) is 3.32. The van der Waals surface area contributed by atoms with Crippen molar-refractivity contribution in [2.75, 3.05) is 13.1 Å². The van der Waals surface area contributed by atoms with Crippen molar-refractivity contribution in [1.29, 1.82) is 0 Å². The molecular weight excluding hydrogens is 268 g/mol. The Morgan fingerprint density at radius 2 is 1.86 bits per heavy atom. The van der Waals surface area contributed by atoms with E-state index in [2.05, 4.69) is 11.0 Å². The van der Waals surface area contributed by atoms with E-state index in [1.165, 1.54) is 17.1 Å². The molecule has 1 aliphatic heterocycles. The molecule has 3 amide bonds. The maximum absolute atomic E-state index is 11.6. The highest BCUT2D eigenvalue weighted by molar-refractivity contribution is 6.12. The van der Waals surface area contributed by atoms with Crippen LogP contribution < -0.4 is 5.32 Å². The van der Waals surface area contributed by atoms with Crippen molar-refractivity contribution in [3.8, 4) is 0 Å². The van der Waals surface area contributed by atoms with Crippen LogP contribution >= 0.6 is 0 Å². The van der Waals surface area contributed by atoms with Crippen LogP contribution in [0.4, 0.5) is 0 Å². The monoisotopic (exact) mass is 286 g/mol. The van der Waals surface area contributed by atoms with Gasteiger partial charge >= 0.3 is 0 Å². The van der Waals surface area contributed by atoms with E-state index in [1.807, 2.05) is 18.2 Å². The fraction of sp³-hybridized carbons (Fsp3) is 0.375. The first-order chi connectivity index (χ1) is 10.2. The molecule has 1 N–H and O–H groups in total. The van der Waals surface area contributed by atoms with Gasteiger partial charge in [-0.2, -0.15) is 0 Å². The number of hydrogen-bond donors (Lipinski definition) is 1. The smallest absolute Gasteiger partial charge is 0.253 e. The lowest BCUT2D eigenvalue weighted by Crippen LogP contribution is -2.30. The lowest BCUT2D eigenvalue weighted by molar-refractivity contribution is -0.136. The minimum atomic E-state index is -0.247. The highest BCUT2D eigenvalue weighted by atomic mass is 16.2. The SMILES string of the molecule is O=C(CCCCCN1C(=O)C=CC1=O)NCC1=C=CC=C1. The van der Waals surface area contributed by atoms with E-state index in [-0.39, 0.29) is 17.7 Å². The summed E-state index contributed by atoms with van der Waals surface area (Å²) in [5, 5.41) is 2.83. The molecule has 21 heavy (non-hydrogen) atoms. The van der Waals surface area contributed by atoms with E-state index >= 15 is 0 Å². The van der Waals surface area contributed by atoms with E-state index < -0.39 is 0 Å². The number of nitrogens with one attached hydrogen (secondary N) is 1. The third-order valence-electron chi connectivity index (χ3n) is 3.32. The molecule has 0 saturated carbocycles. The van der Waals surface area contributed by atoms with Gasteiger partial charge in [-0.05, 0) is 25.0 Å². The molecule has 0 unspecified atom stereocenters. The minimum Gasteiger partial charge on any atom is -0.351 e. The van der Waals surface area contributed by atoms with Crippen LogP contribution in [0, 0.1) is 0 Å². The van der Waals surface area contributed by atoms with Gasteiger partial charge in [0.1, 0.15) is 0 Å². The zero-order valence-electron chi connectivity index (χ0n) is 11.8. The topological polar surface area (TPSA) is 66.5 Å². The second kappa shape index (κ2) is 7.41. The molecule has 1 aliphatic carbocycles. The largest absolute Gasteiger partial charge is 0.351 e. The van der Waals surface area contributed by atoms with Gasteiger partial charge in [0.15, 0.2) is 0 Å². The lowest BCUT2D eigenvalue weighted by atomic mass is 10.1. The van der Waals surface area contributed by atoms with Gasteiger partial charge in [-0.25, -0.2) is 0 Å². The predicted molar refractivity (Wildman–Crippen MR) is 78.1 cm³/mol. The Bertz CT molecular complexity index is 548. The normalized spacial score (nSPS) is 16.0. The Hall–Kier alpha value is -2.39. The van der Waals surface area contributed by atoms with Crippen molar-refractivity contribution in [3.05, 3.63) is 41.7 Å². The molecule has 0 radical (unpaired) electrons. The predicted octanol–water partition coefficient (Wildman–Crippen LogP) is 1.24. The second-order valence-corrected chi connectivity index (χ2v) is 4.94. The van der Waals surface area contributed by atoms with Crippen LogP contribution in [0.2, 0.25) is 0 Å². The number of carbonyl (C=O) groups excluding carboxylic acids is 3. The fourth-order valence-corrected chi connectivity index (χ4v) is 2.14. The summed E-state index contributed by atoms with van der Waals surface area (Å²) in [5.41, 5.74) is 3.99. The van der Waals surface area contributed by atoms with Crippen LogP contribution in [0.1, 0.15) is 25.7 Å². The van der Waals surface area contributed by atoms with Gasteiger partial charge in [0.2, 0.25) is 5.91 Å². The Kier molecular flexibility index (Phi) is 5.29. The zero-order valence-corrected chi connectivity index (χ0v) is 11.8. The molecule has 0 atom stereocenters. The Morgan fingerprint density at radius 1 is 1.10 bits per heavy atom. The first kappa shape index (κ1) is 15.0. The van der Waals surface area contributed by atoms with Gasteiger partial charge < -0.3 is 5.32 Å². The van der Waals surface area contributed by atoms with Gasteiger partial charge in [-0.15, -0.1) is 5.73 Å². The number of unbranched alkanes of at least 4 members (excludes halogenated alkanes) is 2. The van der Waals surface area contributed by atoms with Crippen LogP contribution in [-0.4, -0.2) is 35.7 Å². The lowest BCUT2D eigenvalue weighted by Gasteiger charge is -2.13. The van der Waals surface area contributed by atoms with Crippen LogP contribution in [-0.2, 0) is 14.4 Å². The van der Waals surface area contributed by atoms with E-state index in [1.54, 1.807) is 0 Å². The number of allylic oxidation sites excluding steroid dienone is 1. The van der Waals surface area contributed by atoms with Crippen LogP contribution in [0.15, 0.2) is 41.7 Å². The molecule has 0 aromatic rings. The summed E-state index contributed by atoms with van der Waals surface area (Å²) in [6.45, 7) is 0.934. The van der Waals surface area contributed by atoms with Gasteiger partial charge in [0, 0.05) is 37.2 Å². The number of amides is 3. The Balaban J connectivity index is 1.52. The quantitative estimate of drug-likeness (QED) is 0.415. The van der Waals surface area contributed by atoms with Gasteiger partial charge in [-0.3, -0.25) is 19.3 Å². The average Bonchev–Trinajstić information content (AvgIpc) is 3.09. The third kappa shape index (κ3) is 4.58. The average molecular weight is 286 g/mol. The summed E-state index contributed by atoms with van der Waals surface area (Å²) in [6, 6.07) is 0. The van der Waals surface area contributed by atoms with Crippen molar-refractivity contribution in [1.82, 2.24) is 10.2 Å². The van der Waals surface area contributed by atoms with Crippen molar-refractivity contribution in [2.24, 2.45) is 0 Å². The molecule has 2 rings (SSSR count). The highest BCUT2D eigenvalue weighted by Crippen LogP contribution is 2.07. The maximum Gasteiger partial charge on any atom is 0.253 e. The van der Waals surface area contributed by atoms with Crippen LogP contribution in [0.5, 0.6) is 0 Å². The summed E-state index contributed by atoms with van der Waals surface area (Å²) in [6.07, 6.45) is 10.9. The fourth-order valence-electron chi connectivity index (χ4n) is 2.14. The summed E-state index contributed by atoms with van der Waals surface area (Å²) >= 11 is 0. The standard InChI is InChI=1S/C16H18N2O3/c19-14(17-12-13-6-3-4-7-13)8-2-1-5-11-18-15(20)9-10-16(18)21/h3-4,6,9-10H,1-2,5,8,11-12H2,(H,17,19). The molecule has 0 spiro atoms. The maximum atomic E-state index is 11.6. The van der Waals surface area contributed by atoms with E-state index in [0.717, 1.165) is 24.8 Å². The zero-order chi connectivity index (χ0) is 15.1. The van der Waals surface area contributed by atoms with Crippen molar-refractivity contribution >= 4 is 17.7 Å². The highest BCUT2D eigenvalue weighted by Gasteiger charge is 2.22. The summed E-state index contributed by atoms with van der Waals surface area (Å²) in [7, 11) is 0. The van der Waals surface area contributed by atoms with Gasteiger partial charge in [-0.1, -0.05) is 12.5 Å². The Labute approximate surface area is 123 Å². The molecule has 1 heterocycles. The van der Waals surface area contributed by atoms with Crippen molar-refractivity contribution in [3.63, 3.8) is 0 Å². The molecule has 0 aromatic heterocycles. The van der Waals surface area contributed by atoms with Crippen molar-refractivity contribution < 1.29 is 14.4 Å². The van der Waals surface area contributed by atoms with E-state index in [9.17, 15) is 14.4 Å². The summed E-state index contributed by atoms with van der Waals surface area (Å²) in [5.74, 6) is -0.480. The molecule has 2 aliphatic rings. The van der Waals surface area contributed by atoms with Crippen molar-refractivity contribution in [2.45, 2.75) is 25.7 Å². The minimum absolute atomic E-state index is 0.0135. The molecule has 110 valence electrons. The van der Waals surface area contributed by atoms with Gasteiger partial charge in [0.05, 0.1) is 0 Å². The number of nitrogens with zero attached hydrogens (tertiary/aromatic N) is 1. The number of hydrogen-bond acceptors (Lipinski definition) is 3. The Morgan fingerprint density at radius 3 is 2.52 bits per heavy atom. The number of rotatable bonds is 8. The number of carbonyl (C=O) groups is 3. The number of imide groups is 1. The molecule has 0 bridgehead atoms. The molecule has 5 heteroatoms. The van der Waals surface area contributed by atoms with Gasteiger partial charge in [0.25, 0.3) is 11.8 Å². The second-order valence-electron chi connectivity index (χ2n) is 4.94. The molecular formula is C16H18N2O3. The molecule has 0 saturated heterocycles. The van der Waals surface area contributed by atoms with Crippen LogP contribution in [0.25, 0.3) is 0 Å². The summed E-state index contributed by atoms with van der Waals surface area (Å²) < 4.78 is 0.